The summed E-state index contributed by atoms with van der Waals surface area (Å²) in [7, 11) is 0. The fourth-order valence-corrected chi connectivity index (χ4v) is 3.10. The molecule has 152 valence electrons. The number of carboxylic acids is 2. The van der Waals surface area contributed by atoms with Crippen LogP contribution in [0, 0.1) is 0 Å². The van der Waals surface area contributed by atoms with Gasteiger partial charge in [-0.25, -0.2) is 9.59 Å². The molecule has 2 aromatic carbocycles. The van der Waals surface area contributed by atoms with Gasteiger partial charge >= 0.3 is 17.9 Å². The van der Waals surface area contributed by atoms with Crippen molar-refractivity contribution in [1.29, 1.82) is 0 Å². The van der Waals surface area contributed by atoms with Crippen molar-refractivity contribution in [2.24, 2.45) is 0 Å². The fourth-order valence-electron chi connectivity index (χ4n) is 3.10. The molecule has 0 aromatic heterocycles. The minimum Gasteiger partial charge on any atom is -0.481 e. The second kappa shape index (κ2) is 9.01. The summed E-state index contributed by atoms with van der Waals surface area (Å²) in [4.78, 5) is 48.4. The van der Waals surface area contributed by atoms with Crippen LogP contribution in [0.4, 0.5) is 0 Å². The highest BCUT2D eigenvalue weighted by Gasteiger charge is 2.59. The Balaban J connectivity index is 2.61. The highest BCUT2D eigenvalue weighted by Crippen LogP contribution is 2.33. The van der Waals surface area contributed by atoms with E-state index in [1.54, 1.807) is 12.1 Å². The lowest BCUT2D eigenvalue weighted by atomic mass is 9.78. The molecule has 1 amide bonds. The molecule has 0 bridgehead atoms. The van der Waals surface area contributed by atoms with Gasteiger partial charge in [0.05, 0.1) is 6.61 Å². The second-order valence-corrected chi connectivity index (χ2v) is 6.27. The van der Waals surface area contributed by atoms with Gasteiger partial charge in [-0.15, -0.1) is 0 Å². The number of benzene rings is 2. The number of aliphatic carboxylic acids is 2. The summed E-state index contributed by atoms with van der Waals surface area (Å²) < 4.78 is 4.82. The Hall–Kier alpha value is -3.68. The number of carbonyl (C=O) groups excluding carboxylic acids is 2. The minimum absolute atomic E-state index is 0.0291. The average Bonchev–Trinajstić information content (AvgIpc) is 2.68. The Morgan fingerprint density at radius 1 is 0.966 bits per heavy atom. The summed E-state index contributed by atoms with van der Waals surface area (Å²) in [6, 6.07) is 15.3. The Morgan fingerprint density at radius 2 is 1.52 bits per heavy atom. The molecule has 0 saturated heterocycles. The van der Waals surface area contributed by atoms with Crippen molar-refractivity contribution in [1.82, 2.24) is 5.32 Å². The van der Waals surface area contributed by atoms with E-state index in [-0.39, 0.29) is 12.2 Å². The molecule has 2 rings (SSSR count). The second-order valence-electron chi connectivity index (χ2n) is 6.27. The summed E-state index contributed by atoms with van der Waals surface area (Å²) in [5.74, 6) is -7.57. The maximum atomic E-state index is 12.6. The average molecular weight is 399 g/mol. The zero-order valence-electron chi connectivity index (χ0n) is 15.9. The lowest BCUT2D eigenvalue weighted by molar-refractivity contribution is -0.170. The Labute approximate surface area is 167 Å². The molecule has 0 spiro atoms. The number of carbonyl (C=O) groups is 4. The van der Waals surface area contributed by atoms with Crippen molar-refractivity contribution in [3.05, 3.63) is 60.2 Å². The molecule has 2 atom stereocenters. The highest BCUT2D eigenvalue weighted by molar-refractivity contribution is 6.12. The van der Waals surface area contributed by atoms with Crippen LogP contribution in [0.5, 0.6) is 0 Å². The molecule has 0 saturated carbocycles. The molecule has 2 aromatic rings. The summed E-state index contributed by atoms with van der Waals surface area (Å²) in [6.45, 7) is 2.25. The van der Waals surface area contributed by atoms with E-state index >= 15 is 0 Å². The molecule has 8 heteroatoms. The van der Waals surface area contributed by atoms with E-state index in [1.807, 2.05) is 35.6 Å². The van der Waals surface area contributed by atoms with Crippen molar-refractivity contribution in [3.63, 3.8) is 0 Å². The van der Waals surface area contributed by atoms with Gasteiger partial charge in [0.25, 0.3) is 5.54 Å². The Bertz CT molecular complexity index is 908. The van der Waals surface area contributed by atoms with Crippen LogP contribution in [-0.2, 0) is 23.9 Å². The van der Waals surface area contributed by atoms with E-state index in [4.69, 9.17) is 4.74 Å². The van der Waals surface area contributed by atoms with Gasteiger partial charge in [-0.05, 0) is 23.6 Å². The Kier molecular flexibility index (Phi) is 6.71. The van der Waals surface area contributed by atoms with Crippen LogP contribution < -0.4 is 5.32 Å². The standard InChI is InChI=1S/C21H21NO7/c1-3-29-20(28)21(19(26)27,22-13(2)23)17(18(24)25)16-11-9-15(10-12-16)14-7-5-4-6-8-14/h4-12,17H,3H2,1-2H3,(H,22,23)(H,24,25)(H,26,27). The largest absolute Gasteiger partial charge is 0.481 e. The molecule has 0 heterocycles. The van der Waals surface area contributed by atoms with E-state index < -0.39 is 35.3 Å². The zero-order valence-corrected chi connectivity index (χ0v) is 15.9. The van der Waals surface area contributed by atoms with Crippen LogP contribution in [-0.4, -0.2) is 46.2 Å². The number of rotatable bonds is 8. The molecule has 29 heavy (non-hydrogen) atoms. The maximum absolute atomic E-state index is 12.6. The smallest absolute Gasteiger partial charge is 0.345 e. The highest BCUT2D eigenvalue weighted by atomic mass is 16.5. The number of nitrogens with one attached hydrogen (secondary N) is 1. The van der Waals surface area contributed by atoms with Crippen LogP contribution >= 0.6 is 0 Å². The van der Waals surface area contributed by atoms with E-state index in [2.05, 4.69) is 0 Å². The molecule has 0 aliphatic carbocycles. The molecular weight excluding hydrogens is 378 g/mol. The number of hydrogen-bond donors (Lipinski definition) is 3. The number of amides is 1. The predicted molar refractivity (Wildman–Crippen MR) is 103 cm³/mol. The van der Waals surface area contributed by atoms with Gasteiger partial charge in [-0.1, -0.05) is 54.6 Å². The third-order valence-corrected chi connectivity index (χ3v) is 4.34. The van der Waals surface area contributed by atoms with Crippen LogP contribution in [0.2, 0.25) is 0 Å². The van der Waals surface area contributed by atoms with Crippen molar-refractivity contribution < 1.29 is 34.1 Å². The van der Waals surface area contributed by atoms with E-state index in [9.17, 15) is 29.4 Å². The number of esters is 1. The molecule has 0 aliphatic heterocycles. The number of ether oxygens (including phenoxy) is 1. The summed E-state index contributed by atoms with van der Waals surface area (Å²) in [5.41, 5.74) is -1.14. The third-order valence-electron chi connectivity index (χ3n) is 4.34. The van der Waals surface area contributed by atoms with Gasteiger partial charge in [0.1, 0.15) is 5.92 Å². The van der Waals surface area contributed by atoms with E-state index in [0.717, 1.165) is 18.1 Å². The fraction of sp³-hybridized carbons (Fsp3) is 0.238. The van der Waals surface area contributed by atoms with Gasteiger partial charge in [0.2, 0.25) is 5.91 Å². The normalized spacial score (nSPS) is 13.6. The molecule has 2 unspecified atom stereocenters. The first-order valence-electron chi connectivity index (χ1n) is 8.81. The number of hydrogen-bond acceptors (Lipinski definition) is 5. The molecule has 0 aliphatic rings. The van der Waals surface area contributed by atoms with Gasteiger partial charge in [0, 0.05) is 6.92 Å². The maximum Gasteiger partial charge on any atom is 0.345 e. The molecular formula is C21H21NO7. The predicted octanol–water partition coefficient (Wildman–Crippen LogP) is 2.04. The lowest BCUT2D eigenvalue weighted by Gasteiger charge is -2.33. The minimum atomic E-state index is -2.82. The van der Waals surface area contributed by atoms with Crippen molar-refractivity contribution in [2.75, 3.05) is 6.61 Å². The summed E-state index contributed by atoms with van der Waals surface area (Å²) >= 11 is 0. The van der Waals surface area contributed by atoms with Crippen molar-refractivity contribution in [3.8, 4) is 11.1 Å². The Morgan fingerprint density at radius 3 is 1.97 bits per heavy atom. The van der Waals surface area contributed by atoms with Gasteiger partial charge in [0.15, 0.2) is 0 Å². The molecule has 8 nitrogen and oxygen atoms in total. The summed E-state index contributed by atoms with van der Waals surface area (Å²) in [6.07, 6.45) is 0. The third kappa shape index (κ3) is 4.43. The van der Waals surface area contributed by atoms with Crippen LogP contribution in [0.25, 0.3) is 11.1 Å². The van der Waals surface area contributed by atoms with Crippen molar-refractivity contribution >= 4 is 23.8 Å². The molecule has 0 radical (unpaired) electrons. The molecule has 0 fully saturated rings. The van der Waals surface area contributed by atoms with E-state index in [1.165, 1.54) is 19.1 Å². The van der Waals surface area contributed by atoms with Gasteiger partial charge in [-0.3, -0.25) is 9.59 Å². The monoisotopic (exact) mass is 399 g/mol. The van der Waals surface area contributed by atoms with Gasteiger partial charge < -0.3 is 20.3 Å². The lowest BCUT2D eigenvalue weighted by Crippen LogP contribution is -2.65. The summed E-state index contributed by atoms with van der Waals surface area (Å²) in [5, 5.41) is 21.6. The molecule has 3 N–H and O–H groups in total. The van der Waals surface area contributed by atoms with Crippen LogP contribution in [0.1, 0.15) is 25.3 Å². The van der Waals surface area contributed by atoms with E-state index in [0.29, 0.717) is 0 Å². The van der Waals surface area contributed by atoms with Crippen LogP contribution in [0.3, 0.4) is 0 Å². The first-order chi connectivity index (χ1) is 13.7. The number of carboxylic acid groups (broad SMARTS) is 2. The quantitative estimate of drug-likeness (QED) is 0.457. The van der Waals surface area contributed by atoms with Crippen molar-refractivity contribution in [2.45, 2.75) is 25.3 Å². The zero-order chi connectivity index (χ0) is 21.6. The SMILES string of the molecule is CCOC(=O)C(NC(C)=O)(C(=O)O)C(C(=O)O)c1ccc(-c2ccccc2)cc1. The van der Waals surface area contributed by atoms with Gasteiger partial charge in [-0.2, -0.15) is 0 Å². The first-order valence-corrected chi connectivity index (χ1v) is 8.81. The topological polar surface area (TPSA) is 130 Å². The van der Waals surface area contributed by atoms with Crippen LogP contribution in [0.15, 0.2) is 54.6 Å². The first kappa shape index (κ1) is 21.6.